The van der Waals surface area contributed by atoms with Gasteiger partial charge in [0, 0.05) is 11.9 Å². The average Bonchev–Trinajstić information content (AvgIpc) is 3.21. The summed E-state index contributed by atoms with van der Waals surface area (Å²) in [6.45, 7) is 3.44. The molecule has 0 saturated carbocycles. The van der Waals surface area contributed by atoms with Gasteiger partial charge in [-0.05, 0) is 32.0 Å². The summed E-state index contributed by atoms with van der Waals surface area (Å²) in [5.41, 5.74) is 1.68. The number of fused-ring (bicyclic) bond motifs is 1. The first-order chi connectivity index (χ1) is 13.0. The Morgan fingerprint density at radius 2 is 1.96 bits per heavy atom. The van der Waals surface area contributed by atoms with Gasteiger partial charge in [0.25, 0.3) is 5.91 Å². The molecule has 0 aliphatic carbocycles. The summed E-state index contributed by atoms with van der Waals surface area (Å²) in [5.74, 6) is -1.32. The maximum Gasteiger partial charge on any atom is 0.348 e. The van der Waals surface area contributed by atoms with Gasteiger partial charge in [-0.2, -0.15) is 5.10 Å². The van der Waals surface area contributed by atoms with Crippen molar-refractivity contribution in [2.24, 2.45) is 0 Å². The van der Waals surface area contributed by atoms with Gasteiger partial charge in [-0.3, -0.25) is 10.1 Å². The first-order valence-electron chi connectivity index (χ1n) is 8.29. The van der Waals surface area contributed by atoms with Crippen LogP contribution < -0.4 is 10.6 Å². The lowest BCUT2D eigenvalue weighted by atomic mass is 10.3. The molecule has 0 saturated heterocycles. The number of nitrogens with one attached hydrogen (secondary N) is 2. The zero-order chi connectivity index (χ0) is 19.4. The second-order valence-corrected chi connectivity index (χ2v) is 6.68. The van der Waals surface area contributed by atoms with Crippen molar-refractivity contribution < 1.29 is 19.1 Å². The highest BCUT2D eigenvalue weighted by atomic mass is 32.1. The fourth-order valence-corrected chi connectivity index (χ4v) is 3.54. The largest absolute Gasteiger partial charge is 0.451 e. The molecule has 3 rings (SSSR count). The van der Waals surface area contributed by atoms with Gasteiger partial charge in [0.1, 0.15) is 9.71 Å². The molecule has 2 aromatic heterocycles. The van der Waals surface area contributed by atoms with E-state index in [0.29, 0.717) is 11.4 Å². The predicted molar refractivity (Wildman–Crippen MR) is 101 cm³/mol. The highest BCUT2D eigenvalue weighted by molar-refractivity contribution is 7.20. The number of thiophene rings is 1. The fraction of sp³-hybridized carbons (Fsp3) is 0.222. The Kier molecular flexibility index (Phi) is 5.51. The Bertz CT molecular complexity index is 994. The van der Waals surface area contributed by atoms with E-state index in [0.717, 1.165) is 21.6 Å². The van der Waals surface area contributed by atoms with Crippen molar-refractivity contribution in [2.75, 3.05) is 13.2 Å². The molecule has 0 atom stereocenters. The third-order valence-electron chi connectivity index (χ3n) is 3.67. The van der Waals surface area contributed by atoms with E-state index in [1.807, 2.05) is 37.3 Å². The Morgan fingerprint density at radius 3 is 2.67 bits per heavy atom. The van der Waals surface area contributed by atoms with E-state index in [4.69, 9.17) is 4.74 Å². The fourth-order valence-electron chi connectivity index (χ4n) is 2.46. The lowest BCUT2D eigenvalue weighted by Gasteiger charge is -2.05. The Labute approximate surface area is 159 Å². The smallest absolute Gasteiger partial charge is 0.348 e. The molecule has 1 aromatic carbocycles. The number of urea groups is 1. The quantitative estimate of drug-likeness (QED) is 0.656. The first kappa shape index (κ1) is 18.6. The summed E-state index contributed by atoms with van der Waals surface area (Å²) in [5, 5.41) is 9.85. The lowest BCUT2D eigenvalue weighted by molar-refractivity contribution is -0.123. The van der Waals surface area contributed by atoms with E-state index in [2.05, 4.69) is 15.7 Å². The molecule has 3 amide bonds. The average molecular weight is 386 g/mol. The normalized spacial score (nSPS) is 10.6. The molecule has 27 heavy (non-hydrogen) atoms. The SMILES string of the molecule is CCNC(=O)NC(=O)COC(=O)c1cc2c(C)nn(-c3ccccc3)c2s1. The molecule has 0 fully saturated rings. The monoisotopic (exact) mass is 386 g/mol. The van der Waals surface area contributed by atoms with Crippen LogP contribution in [-0.2, 0) is 9.53 Å². The van der Waals surface area contributed by atoms with E-state index in [-0.39, 0.29) is 0 Å². The number of carbonyl (C=O) groups is 3. The summed E-state index contributed by atoms with van der Waals surface area (Å²) in [6.07, 6.45) is 0. The molecular weight excluding hydrogens is 368 g/mol. The number of hydrogen-bond acceptors (Lipinski definition) is 6. The van der Waals surface area contributed by atoms with Crippen molar-refractivity contribution in [3.63, 3.8) is 0 Å². The highest BCUT2D eigenvalue weighted by Crippen LogP contribution is 2.30. The van der Waals surface area contributed by atoms with Crippen LogP contribution in [0.3, 0.4) is 0 Å². The Hall–Kier alpha value is -3.20. The van der Waals surface area contributed by atoms with Crippen LogP contribution in [0.4, 0.5) is 4.79 Å². The number of hydrogen-bond donors (Lipinski definition) is 2. The van der Waals surface area contributed by atoms with Crippen LogP contribution in [0, 0.1) is 6.92 Å². The second kappa shape index (κ2) is 8.00. The molecule has 0 radical (unpaired) electrons. The van der Waals surface area contributed by atoms with E-state index in [9.17, 15) is 14.4 Å². The zero-order valence-corrected chi connectivity index (χ0v) is 15.6. The summed E-state index contributed by atoms with van der Waals surface area (Å²) < 4.78 is 6.77. The standard InChI is InChI=1S/C18H18N4O4S/c1-3-19-18(25)20-15(23)10-26-17(24)14-9-13-11(2)21-22(16(13)27-14)12-7-5-4-6-8-12/h4-9H,3,10H2,1-2H3,(H2,19,20,23,25). The number of rotatable bonds is 5. The molecule has 0 spiro atoms. The number of esters is 1. The van der Waals surface area contributed by atoms with Gasteiger partial charge in [0.05, 0.1) is 11.4 Å². The molecule has 140 valence electrons. The number of imide groups is 1. The number of aryl methyl sites for hydroxylation is 1. The van der Waals surface area contributed by atoms with E-state index >= 15 is 0 Å². The van der Waals surface area contributed by atoms with Gasteiger partial charge < -0.3 is 10.1 Å². The van der Waals surface area contributed by atoms with Crippen LogP contribution in [0.15, 0.2) is 36.4 Å². The van der Waals surface area contributed by atoms with Crippen LogP contribution in [0.5, 0.6) is 0 Å². The topological polar surface area (TPSA) is 102 Å². The Morgan fingerprint density at radius 1 is 1.22 bits per heavy atom. The molecular formula is C18H18N4O4S. The molecule has 8 nitrogen and oxygen atoms in total. The van der Waals surface area contributed by atoms with Gasteiger partial charge in [0.15, 0.2) is 6.61 Å². The van der Waals surface area contributed by atoms with Gasteiger partial charge >= 0.3 is 12.0 Å². The van der Waals surface area contributed by atoms with E-state index < -0.39 is 24.5 Å². The van der Waals surface area contributed by atoms with Gasteiger partial charge in [-0.1, -0.05) is 18.2 Å². The number of benzene rings is 1. The van der Waals surface area contributed by atoms with Crippen LogP contribution in [0.1, 0.15) is 22.3 Å². The number of ether oxygens (including phenoxy) is 1. The lowest BCUT2D eigenvalue weighted by Crippen LogP contribution is -2.41. The maximum absolute atomic E-state index is 12.3. The number of amides is 3. The maximum atomic E-state index is 12.3. The highest BCUT2D eigenvalue weighted by Gasteiger charge is 2.19. The van der Waals surface area contributed by atoms with Crippen LogP contribution in [0.2, 0.25) is 0 Å². The summed E-state index contributed by atoms with van der Waals surface area (Å²) in [7, 11) is 0. The minimum Gasteiger partial charge on any atom is -0.451 e. The van der Waals surface area contributed by atoms with Crippen LogP contribution in [0.25, 0.3) is 15.9 Å². The van der Waals surface area contributed by atoms with Crippen molar-refractivity contribution >= 4 is 39.5 Å². The number of nitrogens with zero attached hydrogens (tertiary/aromatic N) is 2. The van der Waals surface area contributed by atoms with Gasteiger partial charge in [-0.15, -0.1) is 11.3 Å². The van der Waals surface area contributed by atoms with Crippen molar-refractivity contribution in [1.29, 1.82) is 0 Å². The summed E-state index contributed by atoms with van der Waals surface area (Å²) in [4.78, 5) is 36.3. The van der Waals surface area contributed by atoms with Gasteiger partial charge in [0.2, 0.25) is 0 Å². The van der Waals surface area contributed by atoms with E-state index in [1.165, 1.54) is 11.3 Å². The van der Waals surface area contributed by atoms with Crippen molar-refractivity contribution in [3.05, 3.63) is 47.0 Å². The molecule has 9 heteroatoms. The molecule has 0 aliphatic heterocycles. The van der Waals surface area contributed by atoms with Crippen molar-refractivity contribution in [2.45, 2.75) is 13.8 Å². The molecule has 3 aromatic rings. The Balaban J connectivity index is 1.73. The third kappa shape index (κ3) is 4.14. The van der Waals surface area contributed by atoms with Crippen LogP contribution >= 0.6 is 11.3 Å². The minimum atomic E-state index is -0.693. The van der Waals surface area contributed by atoms with Crippen LogP contribution in [-0.4, -0.2) is 40.8 Å². The molecule has 0 aliphatic rings. The molecule has 2 N–H and O–H groups in total. The first-order valence-corrected chi connectivity index (χ1v) is 9.10. The minimum absolute atomic E-state index is 0.362. The zero-order valence-electron chi connectivity index (χ0n) is 14.8. The summed E-state index contributed by atoms with van der Waals surface area (Å²) >= 11 is 1.24. The van der Waals surface area contributed by atoms with Gasteiger partial charge in [-0.25, -0.2) is 14.3 Å². The summed E-state index contributed by atoms with van der Waals surface area (Å²) in [6, 6.07) is 10.7. The third-order valence-corrected chi connectivity index (χ3v) is 4.76. The molecule has 2 heterocycles. The van der Waals surface area contributed by atoms with Crippen molar-refractivity contribution in [3.8, 4) is 5.69 Å². The molecule has 0 bridgehead atoms. The second-order valence-electron chi connectivity index (χ2n) is 5.65. The molecule has 0 unspecified atom stereocenters. The predicted octanol–water partition coefficient (Wildman–Crippen LogP) is 2.40. The van der Waals surface area contributed by atoms with Crippen molar-refractivity contribution in [1.82, 2.24) is 20.4 Å². The number of para-hydroxylation sites is 1. The van der Waals surface area contributed by atoms with E-state index in [1.54, 1.807) is 17.7 Å². The number of carbonyl (C=O) groups excluding carboxylic acids is 3. The number of aromatic nitrogens is 2.